The number of halogens is 3. The maximum absolute atomic E-state index is 13.3. The molecular weight excluding hydrogens is 573 g/mol. The van der Waals surface area contributed by atoms with E-state index in [4.69, 9.17) is 9.53 Å². The number of pyridine rings is 1. The second-order valence-corrected chi connectivity index (χ2v) is 11.2. The highest BCUT2D eigenvalue weighted by atomic mass is 19.4. The molecule has 1 aromatic heterocycles. The predicted molar refractivity (Wildman–Crippen MR) is 165 cm³/mol. The summed E-state index contributed by atoms with van der Waals surface area (Å²) in [5.74, 6) is 0.327. The number of aryl methyl sites for hydroxylation is 1. The lowest BCUT2D eigenvalue weighted by Crippen LogP contribution is -2.41. The highest BCUT2D eigenvalue weighted by Gasteiger charge is 2.25. The van der Waals surface area contributed by atoms with E-state index in [9.17, 15) is 27.9 Å². The number of ether oxygens (including phenoxy) is 1. The number of nitrogens with one attached hydrogen (secondary N) is 1. The molecule has 0 atom stereocenters. The smallest absolute Gasteiger partial charge is 0.446 e. The Kier molecular flexibility index (Phi) is 14.4. The zero-order chi connectivity index (χ0) is 31.8. The number of phenolic OH excluding ortho intramolecular Hbond substituents is 1. The molecule has 0 unspecified atom stereocenters. The highest BCUT2D eigenvalue weighted by molar-refractivity contribution is 5.87. The second-order valence-electron chi connectivity index (χ2n) is 11.2. The van der Waals surface area contributed by atoms with E-state index in [0.29, 0.717) is 31.2 Å². The van der Waals surface area contributed by atoms with Gasteiger partial charge in [0.25, 0.3) is 0 Å². The summed E-state index contributed by atoms with van der Waals surface area (Å²) in [6.45, 7) is 1.92. The first kappa shape index (κ1) is 34.8. The van der Waals surface area contributed by atoms with Crippen LogP contribution >= 0.6 is 0 Å². The van der Waals surface area contributed by atoms with Crippen molar-refractivity contribution in [3.8, 4) is 5.75 Å². The monoisotopic (exact) mass is 616 g/mol. The van der Waals surface area contributed by atoms with Crippen molar-refractivity contribution in [1.29, 1.82) is 0 Å². The summed E-state index contributed by atoms with van der Waals surface area (Å²) in [4.78, 5) is 38.5. The van der Waals surface area contributed by atoms with Crippen LogP contribution in [0.4, 0.5) is 13.2 Å². The fraction of sp³-hybridized carbons (Fsp3) is 0.500. The SMILES string of the molecule is O=C(CCOCCc1ccccc1)N(CCCCCc1ccc(O)c2[nH]c(=O)ccc12)C1CCCCCC1.O=CC(F)(F)F. The van der Waals surface area contributed by atoms with Gasteiger partial charge in [-0.15, -0.1) is 0 Å². The number of carbonyl (C=O) groups excluding carboxylic acids is 2. The van der Waals surface area contributed by atoms with Gasteiger partial charge in [0.05, 0.1) is 25.2 Å². The van der Waals surface area contributed by atoms with Gasteiger partial charge in [0.2, 0.25) is 17.8 Å². The van der Waals surface area contributed by atoms with Gasteiger partial charge >= 0.3 is 6.18 Å². The highest BCUT2D eigenvalue weighted by Crippen LogP contribution is 2.26. The molecule has 1 amide bonds. The van der Waals surface area contributed by atoms with Gasteiger partial charge in [-0.1, -0.05) is 68.5 Å². The average Bonchev–Trinajstić information content (AvgIpc) is 3.30. The first-order valence-corrected chi connectivity index (χ1v) is 15.5. The van der Waals surface area contributed by atoms with Crippen molar-refractivity contribution in [3.05, 3.63) is 76.1 Å². The summed E-state index contributed by atoms with van der Waals surface area (Å²) in [6, 6.07) is 17.6. The number of rotatable bonds is 13. The van der Waals surface area contributed by atoms with Crippen LogP contribution in [0.25, 0.3) is 10.9 Å². The molecule has 0 radical (unpaired) electrons. The Bertz CT molecular complexity index is 1350. The molecule has 2 aromatic carbocycles. The van der Waals surface area contributed by atoms with E-state index < -0.39 is 12.5 Å². The molecule has 1 saturated carbocycles. The molecule has 2 N–H and O–H groups in total. The first-order valence-electron chi connectivity index (χ1n) is 15.5. The van der Waals surface area contributed by atoms with Gasteiger partial charge < -0.3 is 19.7 Å². The molecule has 7 nitrogen and oxygen atoms in total. The third kappa shape index (κ3) is 12.1. The number of fused-ring (bicyclic) bond motifs is 1. The van der Waals surface area contributed by atoms with Gasteiger partial charge in [0.1, 0.15) is 5.75 Å². The van der Waals surface area contributed by atoms with E-state index in [2.05, 4.69) is 22.0 Å². The van der Waals surface area contributed by atoms with E-state index in [0.717, 1.165) is 62.4 Å². The molecule has 1 aliphatic carbocycles. The number of benzene rings is 2. The Balaban J connectivity index is 0.000000801. The molecule has 3 aromatic rings. The molecule has 0 bridgehead atoms. The summed E-state index contributed by atoms with van der Waals surface area (Å²) < 4.78 is 37.1. The van der Waals surface area contributed by atoms with Crippen LogP contribution in [0.1, 0.15) is 75.3 Å². The van der Waals surface area contributed by atoms with Gasteiger partial charge in [-0.2, -0.15) is 13.2 Å². The summed E-state index contributed by atoms with van der Waals surface area (Å²) in [7, 11) is 0. The number of hydrogen-bond donors (Lipinski definition) is 2. The van der Waals surface area contributed by atoms with Crippen LogP contribution in [0.15, 0.2) is 59.4 Å². The molecule has 0 saturated heterocycles. The van der Waals surface area contributed by atoms with Crippen LogP contribution in [0.5, 0.6) is 5.75 Å². The van der Waals surface area contributed by atoms with Crippen molar-refractivity contribution in [2.75, 3.05) is 19.8 Å². The average molecular weight is 617 g/mol. The lowest BCUT2D eigenvalue weighted by atomic mass is 10.0. The largest absolute Gasteiger partial charge is 0.506 e. The first-order chi connectivity index (χ1) is 21.2. The van der Waals surface area contributed by atoms with Crippen LogP contribution < -0.4 is 5.56 Å². The van der Waals surface area contributed by atoms with Gasteiger partial charge in [0.15, 0.2) is 0 Å². The standard InChI is InChI=1S/C32H42N2O4.C2HF3O/c35-29-18-16-26(28-17-19-30(36)33-32(28)29)13-7-4-10-22-34(27-14-8-1-2-9-15-27)31(37)21-24-38-23-20-25-11-5-3-6-12-25;3-2(4,5)1-6/h3,5-6,11-12,16-19,27,35H,1-2,4,7-10,13-15,20-24H2,(H,33,36);1H. The summed E-state index contributed by atoms with van der Waals surface area (Å²) in [5.41, 5.74) is 2.67. The van der Waals surface area contributed by atoms with Crippen molar-refractivity contribution >= 4 is 23.1 Å². The number of amides is 1. The molecule has 4 rings (SSSR count). The molecule has 44 heavy (non-hydrogen) atoms. The van der Waals surface area contributed by atoms with Crippen molar-refractivity contribution in [3.63, 3.8) is 0 Å². The Hall–Kier alpha value is -3.66. The minimum Gasteiger partial charge on any atom is -0.506 e. The molecule has 0 spiro atoms. The zero-order valence-corrected chi connectivity index (χ0v) is 25.1. The molecule has 240 valence electrons. The molecule has 10 heteroatoms. The normalized spacial score (nSPS) is 14.0. The molecule has 1 fully saturated rings. The van der Waals surface area contributed by atoms with E-state index in [-0.39, 0.29) is 17.2 Å². The fourth-order valence-electron chi connectivity index (χ4n) is 5.61. The maximum atomic E-state index is 13.3. The number of carbonyl (C=O) groups is 2. The van der Waals surface area contributed by atoms with Crippen LogP contribution in [-0.4, -0.2) is 59.2 Å². The number of aromatic nitrogens is 1. The quantitative estimate of drug-likeness (QED) is 0.124. The molecule has 0 aliphatic heterocycles. The van der Waals surface area contributed by atoms with Gasteiger partial charge in [-0.25, -0.2) is 0 Å². The number of nitrogens with zero attached hydrogens (tertiary/aromatic N) is 1. The van der Waals surface area contributed by atoms with E-state index in [1.807, 2.05) is 24.3 Å². The number of H-pyrrole nitrogens is 1. The van der Waals surface area contributed by atoms with E-state index >= 15 is 0 Å². The number of unbranched alkanes of at least 4 members (excludes halogenated alkanes) is 2. The number of aromatic amines is 1. The van der Waals surface area contributed by atoms with Gasteiger partial charge in [-0.05, 0) is 61.8 Å². The summed E-state index contributed by atoms with van der Waals surface area (Å²) >= 11 is 0. The minimum atomic E-state index is -4.64. The third-order valence-corrected chi connectivity index (χ3v) is 7.87. The van der Waals surface area contributed by atoms with Crippen LogP contribution in [0.2, 0.25) is 0 Å². The number of aromatic hydroxyl groups is 1. The number of phenols is 1. The fourth-order valence-corrected chi connectivity index (χ4v) is 5.61. The van der Waals surface area contributed by atoms with Crippen molar-refractivity contribution in [2.24, 2.45) is 0 Å². The van der Waals surface area contributed by atoms with Gasteiger partial charge in [-0.3, -0.25) is 14.4 Å². The van der Waals surface area contributed by atoms with Crippen LogP contribution in [0, 0.1) is 0 Å². The Morgan fingerprint density at radius 2 is 1.64 bits per heavy atom. The predicted octanol–water partition coefficient (Wildman–Crippen LogP) is 6.89. The Morgan fingerprint density at radius 3 is 2.32 bits per heavy atom. The maximum Gasteiger partial charge on any atom is 0.446 e. The number of aldehydes is 1. The van der Waals surface area contributed by atoms with Crippen LogP contribution in [-0.2, 0) is 27.2 Å². The molecular formula is C34H43F3N2O5. The van der Waals surface area contributed by atoms with E-state index in [1.54, 1.807) is 12.1 Å². The zero-order valence-electron chi connectivity index (χ0n) is 25.1. The summed E-state index contributed by atoms with van der Waals surface area (Å²) in [5, 5.41) is 11.0. The number of alkyl halides is 3. The molecule has 1 heterocycles. The number of hydrogen-bond acceptors (Lipinski definition) is 5. The molecule has 1 aliphatic rings. The topological polar surface area (TPSA) is 99.7 Å². The third-order valence-electron chi connectivity index (χ3n) is 7.87. The van der Waals surface area contributed by atoms with Crippen molar-refractivity contribution in [1.82, 2.24) is 9.88 Å². The van der Waals surface area contributed by atoms with Crippen molar-refractivity contribution < 1.29 is 32.6 Å². The Morgan fingerprint density at radius 1 is 0.932 bits per heavy atom. The summed E-state index contributed by atoms with van der Waals surface area (Å²) in [6.07, 6.45) is 6.65. The minimum absolute atomic E-state index is 0.100. The van der Waals surface area contributed by atoms with E-state index in [1.165, 1.54) is 37.3 Å². The lowest BCUT2D eigenvalue weighted by molar-refractivity contribution is -0.156. The lowest BCUT2D eigenvalue weighted by Gasteiger charge is -2.31. The Labute approximate surface area is 256 Å². The van der Waals surface area contributed by atoms with Crippen LogP contribution in [0.3, 0.4) is 0 Å². The van der Waals surface area contributed by atoms with Crippen molar-refractivity contribution in [2.45, 2.75) is 89.3 Å². The second kappa shape index (κ2) is 18.2. The van der Waals surface area contributed by atoms with Gasteiger partial charge in [0, 0.05) is 24.0 Å².